The number of imide groups is 1. The van der Waals surface area contributed by atoms with Crippen molar-refractivity contribution in [2.24, 2.45) is 0 Å². The molecule has 142 valence electrons. The lowest BCUT2D eigenvalue weighted by Crippen LogP contribution is -2.39. The Kier molecular flexibility index (Phi) is 5.43. The molecule has 0 aliphatic carbocycles. The summed E-state index contributed by atoms with van der Waals surface area (Å²) in [4.78, 5) is 26.0. The van der Waals surface area contributed by atoms with Crippen molar-refractivity contribution >= 4 is 21.8 Å². The van der Waals surface area contributed by atoms with E-state index in [1.54, 1.807) is 25.1 Å². The van der Waals surface area contributed by atoms with Crippen LogP contribution in [0.4, 0.5) is 0 Å². The number of hydrogen-bond acceptors (Lipinski definition) is 4. The van der Waals surface area contributed by atoms with Crippen molar-refractivity contribution in [3.05, 3.63) is 70.8 Å². The third-order valence-corrected chi connectivity index (χ3v) is 6.52. The molecule has 0 atom stereocenters. The molecule has 7 heteroatoms. The Morgan fingerprint density at radius 2 is 1.63 bits per heavy atom. The van der Waals surface area contributed by atoms with Gasteiger partial charge in [-0.25, -0.2) is 8.42 Å². The number of carbonyl (C=O) groups excluding carboxylic acids is 2. The number of benzene rings is 2. The molecule has 0 N–H and O–H groups in total. The molecule has 0 spiro atoms. The molecule has 1 aliphatic rings. The predicted octanol–water partition coefficient (Wildman–Crippen LogP) is 2.44. The molecule has 1 heterocycles. The van der Waals surface area contributed by atoms with Crippen LogP contribution in [-0.2, 0) is 16.6 Å². The highest BCUT2D eigenvalue weighted by molar-refractivity contribution is 7.89. The summed E-state index contributed by atoms with van der Waals surface area (Å²) in [6.45, 7) is 4.04. The van der Waals surface area contributed by atoms with Crippen molar-refractivity contribution in [1.29, 1.82) is 0 Å². The minimum Gasteiger partial charge on any atom is -0.273 e. The smallest absolute Gasteiger partial charge is 0.261 e. The van der Waals surface area contributed by atoms with Gasteiger partial charge >= 0.3 is 0 Å². The lowest BCUT2D eigenvalue weighted by Gasteiger charge is -2.22. The van der Waals surface area contributed by atoms with E-state index >= 15 is 0 Å². The Labute approximate surface area is 159 Å². The number of carbonyl (C=O) groups is 2. The highest BCUT2D eigenvalue weighted by atomic mass is 32.2. The first-order valence-corrected chi connectivity index (χ1v) is 10.4. The van der Waals surface area contributed by atoms with Gasteiger partial charge in [0, 0.05) is 19.6 Å². The number of fused-ring (bicyclic) bond motifs is 1. The highest BCUT2D eigenvalue weighted by Crippen LogP contribution is 2.24. The topological polar surface area (TPSA) is 74.8 Å². The zero-order chi connectivity index (χ0) is 19.6. The summed E-state index contributed by atoms with van der Waals surface area (Å²) in [5, 5.41) is 0. The number of aryl methyl sites for hydroxylation is 1. The zero-order valence-corrected chi connectivity index (χ0v) is 16.2. The van der Waals surface area contributed by atoms with E-state index in [0.29, 0.717) is 17.7 Å². The monoisotopic (exact) mass is 386 g/mol. The van der Waals surface area contributed by atoms with Gasteiger partial charge in [0.15, 0.2) is 0 Å². The summed E-state index contributed by atoms with van der Waals surface area (Å²) in [7, 11) is -3.61. The van der Waals surface area contributed by atoms with Gasteiger partial charge in [-0.15, -0.1) is 0 Å². The predicted molar refractivity (Wildman–Crippen MR) is 103 cm³/mol. The first kappa shape index (κ1) is 19.3. The van der Waals surface area contributed by atoms with Gasteiger partial charge in [0.25, 0.3) is 11.8 Å². The van der Waals surface area contributed by atoms with E-state index in [1.807, 2.05) is 37.3 Å². The molecule has 1 aliphatic heterocycles. The van der Waals surface area contributed by atoms with E-state index in [2.05, 4.69) is 0 Å². The summed E-state index contributed by atoms with van der Waals surface area (Å²) in [6.07, 6.45) is 0. The standard InChI is InChI=1S/C20H22N2O4S/c1-3-21(14-16-7-5-4-6-8-16)27(25,26)12-11-22-19(23)17-10-9-15(2)13-18(17)20(22)24/h4-10,13H,3,11-12,14H2,1-2H3. The third-order valence-electron chi connectivity index (χ3n) is 4.65. The molecule has 0 saturated heterocycles. The maximum Gasteiger partial charge on any atom is 0.261 e. The lowest BCUT2D eigenvalue weighted by atomic mass is 10.1. The number of rotatable bonds is 7. The van der Waals surface area contributed by atoms with Crippen LogP contribution in [0.2, 0.25) is 0 Å². The minimum absolute atomic E-state index is 0.154. The molecule has 6 nitrogen and oxygen atoms in total. The first-order chi connectivity index (χ1) is 12.8. The average Bonchev–Trinajstić information content (AvgIpc) is 2.88. The Hall–Kier alpha value is -2.51. The summed E-state index contributed by atoms with van der Waals surface area (Å²) in [6, 6.07) is 14.4. The fourth-order valence-electron chi connectivity index (χ4n) is 3.14. The summed E-state index contributed by atoms with van der Waals surface area (Å²) in [5.41, 5.74) is 2.44. The van der Waals surface area contributed by atoms with Crippen LogP contribution >= 0.6 is 0 Å². The molecule has 3 rings (SSSR count). The van der Waals surface area contributed by atoms with Gasteiger partial charge in [-0.05, 0) is 24.6 Å². The molecule has 0 fully saturated rings. The summed E-state index contributed by atoms with van der Waals surface area (Å²) >= 11 is 0. The number of sulfonamides is 1. The van der Waals surface area contributed by atoms with Gasteiger partial charge in [0.2, 0.25) is 10.0 Å². The third kappa shape index (κ3) is 3.94. The van der Waals surface area contributed by atoms with Crippen LogP contribution in [0.5, 0.6) is 0 Å². The Balaban J connectivity index is 1.71. The zero-order valence-electron chi connectivity index (χ0n) is 15.4. The van der Waals surface area contributed by atoms with E-state index in [-0.39, 0.29) is 18.8 Å². The van der Waals surface area contributed by atoms with Gasteiger partial charge in [0.1, 0.15) is 0 Å². The molecule has 2 aromatic carbocycles. The number of nitrogens with zero attached hydrogens (tertiary/aromatic N) is 2. The number of amides is 2. The molecular formula is C20H22N2O4S. The van der Waals surface area contributed by atoms with Crippen molar-refractivity contribution in [3.8, 4) is 0 Å². The molecule has 0 radical (unpaired) electrons. The molecular weight excluding hydrogens is 364 g/mol. The van der Waals surface area contributed by atoms with Crippen molar-refractivity contribution in [1.82, 2.24) is 9.21 Å². The Morgan fingerprint density at radius 3 is 2.30 bits per heavy atom. The normalized spacial score (nSPS) is 14.1. The second kappa shape index (κ2) is 7.62. The molecule has 2 aromatic rings. The van der Waals surface area contributed by atoms with Crippen LogP contribution in [0, 0.1) is 6.92 Å². The molecule has 0 aromatic heterocycles. The van der Waals surface area contributed by atoms with Crippen LogP contribution in [-0.4, -0.2) is 48.3 Å². The van der Waals surface area contributed by atoms with Gasteiger partial charge < -0.3 is 0 Å². The van der Waals surface area contributed by atoms with Gasteiger partial charge in [-0.2, -0.15) is 4.31 Å². The number of hydrogen-bond donors (Lipinski definition) is 0. The maximum atomic E-state index is 12.7. The van der Waals surface area contributed by atoms with E-state index in [9.17, 15) is 18.0 Å². The van der Waals surface area contributed by atoms with Crippen molar-refractivity contribution in [3.63, 3.8) is 0 Å². The van der Waals surface area contributed by atoms with Gasteiger partial charge in [-0.3, -0.25) is 14.5 Å². The highest BCUT2D eigenvalue weighted by Gasteiger charge is 2.36. The minimum atomic E-state index is -3.61. The molecule has 2 amide bonds. The summed E-state index contributed by atoms with van der Waals surface area (Å²) in [5.74, 6) is -1.16. The quantitative estimate of drug-likeness (QED) is 0.685. The van der Waals surface area contributed by atoms with Crippen molar-refractivity contribution < 1.29 is 18.0 Å². The maximum absolute atomic E-state index is 12.7. The Morgan fingerprint density at radius 1 is 0.963 bits per heavy atom. The van der Waals surface area contributed by atoms with Gasteiger partial charge in [0.05, 0.1) is 16.9 Å². The fourth-order valence-corrected chi connectivity index (χ4v) is 4.55. The molecule has 27 heavy (non-hydrogen) atoms. The average molecular weight is 386 g/mol. The van der Waals surface area contributed by atoms with Crippen LogP contribution in [0.3, 0.4) is 0 Å². The second-order valence-corrected chi connectivity index (χ2v) is 8.63. The van der Waals surface area contributed by atoms with Crippen LogP contribution in [0.15, 0.2) is 48.5 Å². The van der Waals surface area contributed by atoms with Gasteiger partial charge in [-0.1, -0.05) is 48.9 Å². The van der Waals surface area contributed by atoms with Crippen LogP contribution < -0.4 is 0 Å². The molecule has 0 bridgehead atoms. The van der Waals surface area contributed by atoms with Crippen molar-refractivity contribution in [2.75, 3.05) is 18.8 Å². The summed E-state index contributed by atoms with van der Waals surface area (Å²) < 4.78 is 26.8. The van der Waals surface area contributed by atoms with E-state index in [0.717, 1.165) is 16.0 Å². The van der Waals surface area contributed by atoms with E-state index in [4.69, 9.17) is 0 Å². The fraction of sp³-hybridized carbons (Fsp3) is 0.300. The van der Waals surface area contributed by atoms with Crippen LogP contribution in [0.1, 0.15) is 38.8 Å². The molecule has 0 unspecified atom stereocenters. The largest absolute Gasteiger partial charge is 0.273 e. The second-order valence-electron chi connectivity index (χ2n) is 6.54. The van der Waals surface area contributed by atoms with Crippen LogP contribution in [0.25, 0.3) is 0 Å². The SMILES string of the molecule is CCN(Cc1ccccc1)S(=O)(=O)CCN1C(=O)c2ccc(C)cc2C1=O. The van der Waals surface area contributed by atoms with Crippen molar-refractivity contribution in [2.45, 2.75) is 20.4 Å². The van der Waals surface area contributed by atoms with E-state index < -0.39 is 21.8 Å². The van der Waals surface area contributed by atoms with E-state index in [1.165, 1.54) is 4.31 Å². The molecule has 0 saturated carbocycles. The lowest BCUT2D eigenvalue weighted by molar-refractivity contribution is 0.0663. The Bertz CT molecular complexity index is 971. The first-order valence-electron chi connectivity index (χ1n) is 8.82.